The van der Waals surface area contributed by atoms with E-state index in [1.54, 1.807) is 0 Å². The molecule has 0 radical (unpaired) electrons. The van der Waals surface area contributed by atoms with Crippen molar-refractivity contribution in [3.63, 3.8) is 0 Å². The Morgan fingerprint density at radius 2 is 1.00 bits per heavy atom. The van der Waals surface area contributed by atoms with E-state index in [1.807, 2.05) is 26.0 Å². The summed E-state index contributed by atoms with van der Waals surface area (Å²) in [7, 11) is 0. The second-order valence-corrected chi connectivity index (χ2v) is 3.37. The first kappa shape index (κ1) is 19.5. The zero-order valence-corrected chi connectivity index (χ0v) is 14.4. The van der Waals surface area contributed by atoms with E-state index in [2.05, 4.69) is 55.5 Å². The van der Waals surface area contributed by atoms with Gasteiger partial charge in [-0.25, -0.2) is 0 Å². The summed E-state index contributed by atoms with van der Waals surface area (Å²) < 4.78 is 0. The molecule has 0 aliphatic heterocycles. The minimum atomic E-state index is 0. The van der Waals surface area contributed by atoms with Crippen LogP contribution in [0.3, 0.4) is 0 Å². The third-order valence-corrected chi connectivity index (χ3v) is 2.40. The topological polar surface area (TPSA) is 0 Å². The van der Waals surface area contributed by atoms with Gasteiger partial charge < -0.3 is 14.4 Å². The van der Waals surface area contributed by atoms with E-state index in [-0.39, 0.29) is 34.4 Å². The molecule has 0 amide bonds. The van der Waals surface area contributed by atoms with E-state index in [9.17, 15) is 0 Å². The van der Waals surface area contributed by atoms with E-state index in [4.69, 9.17) is 0 Å². The maximum absolute atomic E-state index is 4.18. The predicted octanol–water partition coefficient (Wildman–Crippen LogP) is 5.13. The molecule has 0 fully saturated rings. The van der Waals surface area contributed by atoms with E-state index in [1.165, 1.54) is 11.1 Å². The van der Waals surface area contributed by atoms with E-state index < -0.39 is 0 Å². The summed E-state index contributed by atoms with van der Waals surface area (Å²) in [5.41, 5.74) is 2.53. The third-order valence-electron chi connectivity index (χ3n) is 2.40. The van der Waals surface area contributed by atoms with Crippen molar-refractivity contribution in [3.8, 4) is 0 Å². The van der Waals surface area contributed by atoms with E-state index in [0.29, 0.717) is 0 Å². The quantitative estimate of drug-likeness (QED) is 0.603. The van der Waals surface area contributed by atoms with Crippen LogP contribution in [-0.4, -0.2) is 0 Å². The van der Waals surface area contributed by atoms with Gasteiger partial charge in [-0.05, 0) is 0 Å². The Morgan fingerprint density at radius 1 is 0.722 bits per heavy atom. The van der Waals surface area contributed by atoms with Gasteiger partial charge in [0.15, 0.2) is 0 Å². The van der Waals surface area contributed by atoms with Crippen LogP contribution < -0.4 is 0 Å². The van der Waals surface area contributed by atoms with Gasteiger partial charge in [0.25, 0.3) is 0 Å². The summed E-state index contributed by atoms with van der Waals surface area (Å²) in [5.74, 6) is 0.234. The third kappa shape index (κ3) is 5.65. The normalized spacial score (nSPS) is 8.44. The first-order chi connectivity index (χ1) is 7.88. The second kappa shape index (κ2) is 11.2. The van der Waals surface area contributed by atoms with Crippen LogP contribution in [0.2, 0.25) is 0 Å². The Labute approximate surface area is 127 Å². The number of rotatable bonds is 2. The minimum absolute atomic E-state index is 0. The van der Waals surface area contributed by atoms with Gasteiger partial charge in [0, 0.05) is 0 Å². The van der Waals surface area contributed by atoms with Crippen molar-refractivity contribution in [1.29, 1.82) is 0 Å². The molecule has 0 heterocycles. The Balaban J connectivity index is 0. The zero-order valence-electron chi connectivity index (χ0n) is 11.5. The van der Waals surface area contributed by atoms with Crippen LogP contribution in [0, 0.1) is 14.4 Å². The van der Waals surface area contributed by atoms with Gasteiger partial charge in [0.05, 0.1) is 0 Å². The van der Waals surface area contributed by atoms with Crippen molar-refractivity contribution in [1.82, 2.24) is 0 Å². The van der Waals surface area contributed by atoms with Crippen LogP contribution in [0.25, 0.3) is 0 Å². The molecule has 2 aromatic carbocycles. The smallest absolute Gasteiger partial charge is 0.358 e. The average Bonchev–Trinajstić information content (AvgIpc) is 2.42. The van der Waals surface area contributed by atoms with E-state index in [0.717, 1.165) is 0 Å². The maximum Gasteiger partial charge on any atom is 2.00 e. The van der Waals surface area contributed by atoms with Gasteiger partial charge in [0.2, 0.25) is 0 Å². The summed E-state index contributed by atoms with van der Waals surface area (Å²) in [6.45, 7) is 8.18. The summed E-state index contributed by atoms with van der Waals surface area (Å²) in [6, 6.07) is 20.7. The first-order valence-electron chi connectivity index (χ1n) is 5.81. The standard InChI is InChI=1S/C14H13.C2H6.CH3.W/c1-12(13-8-4-2-5-9-13)14-10-6-3-7-11-14;1-2;;/h2-12H,1H2;1-2H3;1H3;/q-1;;-1;+2. The Hall–Kier alpha value is -0.872. The molecule has 0 aliphatic carbocycles. The molecule has 0 saturated heterocycles. The van der Waals surface area contributed by atoms with Crippen LogP contribution in [0.5, 0.6) is 0 Å². The number of benzene rings is 2. The van der Waals surface area contributed by atoms with Crippen LogP contribution in [0.4, 0.5) is 0 Å². The van der Waals surface area contributed by atoms with Gasteiger partial charge >= 0.3 is 21.1 Å². The molecule has 0 nitrogen and oxygen atoms in total. The molecule has 0 saturated carbocycles. The van der Waals surface area contributed by atoms with Crippen molar-refractivity contribution in [2.75, 3.05) is 0 Å². The first-order valence-corrected chi connectivity index (χ1v) is 5.81. The molecule has 0 N–H and O–H groups in total. The molecule has 0 aliphatic rings. The SMILES string of the molecule is CC.[CH2-]C(c1ccccc1)c1ccccc1.[CH3-].[W+2]. The Morgan fingerprint density at radius 3 is 1.28 bits per heavy atom. The zero-order chi connectivity index (χ0) is 11.8. The summed E-state index contributed by atoms with van der Waals surface area (Å²) in [5, 5.41) is 0. The number of hydrogen-bond donors (Lipinski definition) is 0. The van der Waals surface area contributed by atoms with Gasteiger partial charge in [-0.15, -0.1) is 5.92 Å². The van der Waals surface area contributed by atoms with Crippen molar-refractivity contribution in [2.45, 2.75) is 19.8 Å². The Kier molecular flexibility index (Phi) is 12.1. The molecular formula is C17H22W. The fraction of sp³-hybridized carbons (Fsp3) is 0.176. The molecule has 2 aromatic rings. The summed E-state index contributed by atoms with van der Waals surface area (Å²) >= 11 is 0. The van der Waals surface area contributed by atoms with Crippen molar-refractivity contribution >= 4 is 0 Å². The monoisotopic (exact) mass is 410 g/mol. The summed E-state index contributed by atoms with van der Waals surface area (Å²) in [6.07, 6.45) is 0. The fourth-order valence-electron chi connectivity index (χ4n) is 1.56. The van der Waals surface area contributed by atoms with Gasteiger partial charge in [-0.1, -0.05) is 85.6 Å². The minimum Gasteiger partial charge on any atom is -0.358 e. The van der Waals surface area contributed by atoms with Crippen LogP contribution in [0.1, 0.15) is 30.9 Å². The van der Waals surface area contributed by atoms with Gasteiger partial charge in [-0.2, -0.15) is 0 Å². The largest absolute Gasteiger partial charge is 2.00 e. The van der Waals surface area contributed by atoms with E-state index >= 15 is 0 Å². The maximum atomic E-state index is 4.18. The van der Waals surface area contributed by atoms with Crippen molar-refractivity contribution in [2.24, 2.45) is 0 Å². The van der Waals surface area contributed by atoms with Crippen molar-refractivity contribution < 1.29 is 21.1 Å². The molecule has 2 rings (SSSR count). The molecule has 18 heavy (non-hydrogen) atoms. The predicted molar refractivity (Wildman–Crippen MR) is 77.8 cm³/mol. The molecule has 0 bridgehead atoms. The summed E-state index contributed by atoms with van der Waals surface area (Å²) in [4.78, 5) is 0. The molecule has 0 aromatic heterocycles. The Bertz CT molecular complexity index is 341. The second-order valence-electron chi connectivity index (χ2n) is 3.37. The molecule has 0 atom stereocenters. The van der Waals surface area contributed by atoms with Gasteiger partial charge in [0.1, 0.15) is 0 Å². The molecular weight excluding hydrogens is 388 g/mol. The molecule has 0 unspecified atom stereocenters. The average molecular weight is 410 g/mol. The van der Waals surface area contributed by atoms with Crippen molar-refractivity contribution in [3.05, 3.63) is 86.1 Å². The molecule has 1 heteroatoms. The fourth-order valence-corrected chi connectivity index (χ4v) is 1.56. The van der Waals surface area contributed by atoms with Crippen LogP contribution >= 0.6 is 0 Å². The molecule has 0 spiro atoms. The van der Waals surface area contributed by atoms with Crippen LogP contribution in [-0.2, 0) is 21.1 Å². The van der Waals surface area contributed by atoms with Gasteiger partial charge in [-0.3, -0.25) is 0 Å². The number of hydrogen-bond acceptors (Lipinski definition) is 0. The molecule has 96 valence electrons. The van der Waals surface area contributed by atoms with Crippen LogP contribution in [0.15, 0.2) is 60.7 Å².